The highest BCUT2D eigenvalue weighted by molar-refractivity contribution is 6.05. The lowest BCUT2D eigenvalue weighted by Gasteiger charge is -2.16. The van der Waals surface area contributed by atoms with Crippen molar-refractivity contribution >= 4 is 22.8 Å². The van der Waals surface area contributed by atoms with Gasteiger partial charge in [-0.15, -0.1) is 0 Å². The van der Waals surface area contributed by atoms with Crippen molar-refractivity contribution in [1.29, 1.82) is 0 Å². The molecule has 0 spiro atoms. The predicted octanol–water partition coefficient (Wildman–Crippen LogP) is 3.16. The molecular formula is C18H16N2O4. The van der Waals surface area contributed by atoms with Gasteiger partial charge in [-0.1, -0.05) is 30.3 Å². The van der Waals surface area contributed by atoms with Gasteiger partial charge in [-0.05, 0) is 37.3 Å². The van der Waals surface area contributed by atoms with E-state index < -0.39 is 11.5 Å². The van der Waals surface area contributed by atoms with E-state index in [2.05, 4.69) is 17.4 Å². The number of benzene rings is 1. The van der Waals surface area contributed by atoms with Crippen molar-refractivity contribution in [2.75, 3.05) is 5.32 Å². The highest BCUT2D eigenvalue weighted by Gasteiger charge is 2.25. The number of nitrogens with zero attached hydrogens (tertiary/aromatic N) is 1. The molecule has 0 aliphatic heterocycles. The minimum Gasteiger partial charge on any atom is -0.422 e. The zero-order chi connectivity index (χ0) is 16.7. The largest absolute Gasteiger partial charge is 0.422 e. The fourth-order valence-corrected chi connectivity index (χ4v) is 3.07. The first kappa shape index (κ1) is 14.7. The number of para-hydroxylation sites is 1. The van der Waals surface area contributed by atoms with Crippen molar-refractivity contribution < 1.29 is 13.7 Å². The Morgan fingerprint density at radius 2 is 2.17 bits per heavy atom. The summed E-state index contributed by atoms with van der Waals surface area (Å²) in [5.41, 5.74) is 1.53. The molecule has 1 amide bonds. The lowest BCUT2D eigenvalue weighted by atomic mass is 9.89. The molecule has 1 aliphatic carbocycles. The third kappa shape index (κ3) is 2.50. The van der Waals surface area contributed by atoms with E-state index in [-0.39, 0.29) is 5.56 Å². The summed E-state index contributed by atoms with van der Waals surface area (Å²) in [5, 5.41) is 7.37. The first-order chi connectivity index (χ1) is 11.6. The van der Waals surface area contributed by atoms with Crippen LogP contribution in [0.5, 0.6) is 0 Å². The quantitative estimate of drug-likeness (QED) is 0.732. The minimum absolute atomic E-state index is 0.0530. The lowest BCUT2D eigenvalue weighted by molar-refractivity contribution is 0.102. The normalized spacial score (nSPS) is 16.8. The molecule has 24 heavy (non-hydrogen) atoms. The third-order valence-electron chi connectivity index (χ3n) is 4.41. The second kappa shape index (κ2) is 5.63. The van der Waals surface area contributed by atoms with Gasteiger partial charge in [0.15, 0.2) is 0 Å². The van der Waals surface area contributed by atoms with E-state index in [0.29, 0.717) is 22.8 Å². The highest BCUT2D eigenvalue weighted by atomic mass is 16.5. The van der Waals surface area contributed by atoms with Gasteiger partial charge in [0.2, 0.25) is 5.88 Å². The molecule has 1 aliphatic rings. The van der Waals surface area contributed by atoms with E-state index in [1.54, 1.807) is 18.2 Å². The molecule has 1 N–H and O–H groups in total. The molecule has 0 radical (unpaired) electrons. The average Bonchev–Trinajstić information content (AvgIpc) is 2.96. The number of carbonyl (C=O) groups excluding carboxylic acids is 1. The van der Waals surface area contributed by atoms with Crippen LogP contribution in [0.4, 0.5) is 5.88 Å². The molecule has 0 saturated carbocycles. The van der Waals surface area contributed by atoms with Crippen LogP contribution in [0.2, 0.25) is 0 Å². The zero-order valence-corrected chi connectivity index (χ0v) is 13.2. The van der Waals surface area contributed by atoms with Crippen molar-refractivity contribution in [3.8, 4) is 0 Å². The van der Waals surface area contributed by atoms with Gasteiger partial charge < -0.3 is 8.94 Å². The fourth-order valence-electron chi connectivity index (χ4n) is 3.07. The summed E-state index contributed by atoms with van der Waals surface area (Å²) >= 11 is 0. The maximum absolute atomic E-state index is 12.5. The third-order valence-corrected chi connectivity index (χ3v) is 4.41. The fraction of sp³-hybridized carbons (Fsp3) is 0.278. The smallest absolute Gasteiger partial charge is 0.349 e. The number of amides is 1. The number of rotatable bonds is 2. The van der Waals surface area contributed by atoms with Gasteiger partial charge in [0.25, 0.3) is 5.91 Å². The molecule has 6 nitrogen and oxygen atoms in total. The number of carbonyl (C=O) groups is 1. The molecule has 0 unspecified atom stereocenters. The van der Waals surface area contributed by atoms with Crippen LogP contribution in [0.15, 0.2) is 44.1 Å². The standard InChI is InChI=1S/C18H16N2O4/c1-10-6-7-14-12(8-10)17(24-20-14)19-16(21)13-9-11-4-2-3-5-15(11)23-18(13)22/h2-5,9-10H,6-8H2,1H3,(H,19,21)/t10-/m0/s1. The Balaban J connectivity index is 1.67. The molecular weight excluding hydrogens is 308 g/mol. The van der Waals surface area contributed by atoms with Crippen molar-refractivity contribution in [3.63, 3.8) is 0 Å². The number of anilines is 1. The van der Waals surface area contributed by atoms with Gasteiger partial charge in [0.1, 0.15) is 11.1 Å². The van der Waals surface area contributed by atoms with Gasteiger partial charge in [0.05, 0.1) is 5.69 Å². The average molecular weight is 324 g/mol. The monoisotopic (exact) mass is 324 g/mol. The topological polar surface area (TPSA) is 85.3 Å². The van der Waals surface area contributed by atoms with Crippen molar-refractivity contribution in [3.05, 3.63) is 57.6 Å². The number of aromatic nitrogens is 1. The van der Waals surface area contributed by atoms with E-state index in [4.69, 9.17) is 8.94 Å². The first-order valence-electron chi connectivity index (χ1n) is 7.93. The van der Waals surface area contributed by atoms with E-state index in [1.165, 1.54) is 6.07 Å². The summed E-state index contributed by atoms with van der Waals surface area (Å²) in [6, 6.07) is 8.59. The number of hydrogen-bond acceptors (Lipinski definition) is 5. The summed E-state index contributed by atoms with van der Waals surface area (Å²) in [7, 11) is 0. The Morgan fingerprint density at radius 1 is 1.33 bits per heavy atom. The SMILES string of the molecule is C[C@H]1CCc2noc(NC(=O)c3cc4ccccc4oc3=O)c2C1. The Kier molecular flexibility index (Phi) is 3.45. The molecule has 1 atom stereocenters. The second-order valence-electron chi connectivity index (χ2n) is 6.22. The Bertz CT molecular complexity index is 986. The summed E-state index contributed by atoms with van der Waals surface area (Å²) in [6.45, 7) is 2.15. The predicted molar refractivity (Wildman–Crippen MR) is 88.1 cm³/mol. The Morgan fingerprint density at radius 3 is 3.04 bits per heavy atom. The van der Waals surface area contributed by atoms with E-state index in [9.17, 15) is 9.59 Å². The molecule has 2 aromatic heterocycles. The molecule has 2 heterocycles. The highest BCUT2D eigenvalue weighted by Crippen LogP contribution is 2.30. The van der Waals surface area contributed by atoms with Crippen LogP contribution in [0.1, 0.15) is 35.0 Å². The van der Waals surface area contributed by atoms with Gasteiger partial charge in [0, 0.05) is 10.9 Å². The number of nitrogens with one attached hydrogen (secondary N) is 1. The van der Waals surface area contributed by atoms with Crippen LogP contribution in [0.3, 0.4) is 0 Å². The molecule has 0 fully saturated rings. The molecule has 3 aromatic rings. The summed E-state index contributed by atoms with van der Waals surface area (Å²) < 4.78 is 10.5. The number of fused-ring (bicyclic) bond motifs is 2. The van der Waals surface area contributed by atoms with Gasteiger partial charge >= 0.3 is 5.63 Å². The zero-order valence-electron chi connectivity index (χ0n) is 13.2. The van der Waals surface area contributed by atoms with Crippen LogP contribution in [0, 0.1) is 5.92 Å². The van der Waals surface area contributed by atoms with Crippen LogP contribution in [-0.2, 0) is 12.8 Å². The van der Waals surface area contributed by atoms with Gasteiger partial charge in [-0.2, -0.15) is 0 Å². The summed E-state index contributed by atoms with van der Waals surface area (Å²) in [6.07, 6.45) is 2.70. The number of aryl methyl sites for hydroxylation is 1. The first-order valence-corrected chi connectivity index (χ1v) is 7.93. The molecule has 0 bridgehead atoms. The number of hydrogen-bond donors (Lipinski definition) is 1. The molecule has 1 aromatic carbocycles. The Hall–Kier alpha value is -2.89. The van der Waals surface area contributed by atoms with Gasteiger partial charge in [-0.3, -0.25) is 10.1 Å². The van der Waals surface area contributed by atoms with Crippen molar-refractivity contribution in [2.45, 2.75) is 26.2 Å². The van der Waals surface area contributed by atoms with Crippen molar-refractivity contribution in [1.82, 2.24) is 5.16 Å². The van der Waals surface area contributed by atoms with Crippen LogP contribution >= 0.6 is 0 Å². The van der Waals surface area contributed by atoms with Crippen LogP contribution in [0.25, 0.3) is 11.0 Å². The van der Waals surface area contributed by atoms with E-state index in [0.717, 1.165) is 30.5 Å². The molecule has 0 saturated heterocycles. The van der Waals surface area contributed by atoms with Gasteiger partial charge in [-0.25, -0.2) is 4.79 Å². The summed E-state index contributed by atoms with van der Waals surface area (Å²) in [5.74, 6) is 0.291. The van der Waals surface area contributed by atoms with Crippen molar-refractivity contribution in [2.24, 2.45) is 5.92 Å². The maximum Gasteiger partial charge on any atom is 0.349 e. The lowest BCUT2D eigenvalue weighted by Crippen LogP contribution is -2.21. The molecule has 4 rings (SSSR count). The second-order valence-corrected chi connectivity index (χ2v) is 6.22. The summed E-state index contributed by atoms with van der Waals surface area (Å²) in [4.78, 5) is 24.6. The minimum atomic E-state index is -0.673. The van der Waals surface area contributed by atoms with E-state index >= 15 is 0 Å². The molecule has 6 heteroatoms. The van der Waals surface area contributed by atoms with E-state index in [1.807, 2.05) is 6.07 Å². The maximum atomic E-state index is 12.5. The van der Waals surface area contributed by atoms with Crippen LogP contribution in [-0.4, -0.2) is 11.1 Å². The van der Waals surface area contributed by atoms with Crippen LogP contribution < -0.4 is 10.9 Å². The molecule has 122 valence electrons. The Labute approximate surface area is 137 Å².